The van der Waals surface area contributed by atoms with Gasteiger partial charge in [0.25, 0.3) is 0 Å². The van der Waals surface area contributed by atoms with Crippen LogP contribution >= 0.6 is 0 Å². The summed E-state index contributed by atoms with van der Waals surface area (Å²) in [7, 11) is 2.40. The van der Waals surface area contributed by atoms with Crippen LogP contribution in [0.1, 0.15) is 34.6 Å². The van der Waals surface area contributed by atoms with Crippen molar-refractivity contribution in [1.82, 2.24) is 0 Å². The van der Waals surface area contributed by atoms with Crippen molar-refractivity contribution in [2.45, 2.75) is 40.9 Å². The summed E-state index contributed by atoms with van der Waals surface area (Å²) < 4.78 is 0. The Hall–Kier alpha value is -4.10. The molecule has 0 N–H and O–H groups in total. The van der Waals surface area contributed by atoms with Crippen LogP contribution in [0.15, 0.2) is 127 Å². The normalized spacial score (nSPS) is 12.1. The highest BCUT2D eigenvalue weighted by Crippen LogP contribution is 2.41. The van der Waals surface area contributed by atoms with E-state index in [4.69, 9.17) is 0 Å². The van der Waals surface area contributed by atoms with Gasteiger partial charge in [-0.2, -0.15) is 0 Å². The highest BCUT2D eigenvalue weighted by molar-refractivity contribution is 6.53. The van der Waals surface area contributed by atoms with Gasteiger partial charge in [-0.15, -0.1) is 0 Å². The molecule has 0 atom stereocenters. The lowest BCUT2D eigenvalue weighted by Crippen LogP contribution is -2.33. The summed E-state index contributed by atoms with van der Waals surface area (Å²) in [6.07, 6.45) is 1.06. The van der Waals surface area contributed by atoms with Crippen LogP contribution in [0.4, 0.5) is 0 Å². The average Bonchev–Trinajstić information content (AvgIpc) is 2.99. The Bertz CT molecular complexity index is 1850. The lowest BCUT2D eigenvalue weighted by atomic mass is 9.53. The number of hydrogen-bond donors (Lipinski definition) is 0. The quantitative estimate of drug-likeness (QED) is 0.188. The van der Waals surface area contributed by atoms with E-state index in [9.17, 15) is 0 Å². The molecule has 0 saturated carbocycles. The molecule has 0 amide bonds. The molecule has 0 aliphatic carbocycles. The first kappa shape index (κ1) is 27.1. The summed E-state index contributed by atoms with van der Waals surface area (Å²) >= 11 is 0. The van der Waals surface area contributed by atoms with Gasteiger partial charge in [0.1, 0.15) is 0 Å². The van der Waals surface area contributed by atoms with E-state index in [0.717, 1.165) is 6.32 Å². The van der Waals surface area contributed by atoms with Crippen LogP contribution in [0.25, 0.3) is 54.9 Å². The summed E-state index contributed by atoms with van der Waals surface area (Å²) in [6, 6.07) is 46.8. The molecule has 201 valence electrons. The molecule has 0 saturated heterocycles. The highest BCUT2D eigenvalue weighted by Gasteiger charge is 2.32. The van der Waals surface area contributed by atoms with E-state index in [0.29, 0.717) is 0 Å². The lowest BCUT2D eigenvalue weighted by Gasteiger charge is -2.39. The molecule has 0 aliphatic rings. The molecule has 0 spiro atoms. The van der Waals surface area contributed by atoms with Gasteiger partial charge in [-0.05, 0) is 84.0 Å². The predicted molar refractivity (Wildman–Crippen MR) is 181 cm³/mol. The van der Waals surface area contributed by atoms with Gasteiger partial charge in [0.2, 0.25) is 0 Å². The number of fused-ring (bicyclic) bond motifs is 2. The van der Waals surface area contributed by atoms with Gasteiger partial charge in [0.05, 0.1) is 0 Å². The van der Waals surface area contributed by atoms with Gasteiger partial charge in [-0.3, -0.25) is 0 Å². The zero-order chi connectivity index (χ0) is 28.6. The fraction of sp³-hybridized carbons (Fsp3) is 0.200. The third-order valence-corrected chi connectivity index (χ3v) is 9.24. The minimum atomic E-state index is 0.234. The Morgan fingerprint density at radius 2 is 1.02 bits per heavy atom. The van der Waals surface area contributed by atoms with Crippen molar-refractivity contribution in [2.75, 3.05) is 0 Å². The predicted octanol–water partition coefficient (Wildman–Crippen LogP) is 10.8. The minimum absolute atomic E-state index is 0.234. The fourth-order valence-corrected chi connectivity index (χ4v) is 5.47. The van der Waals surface area contributed by atoms with Crippen molar-refractivity contribution in [3.63, 3.8) is 0 Å². The van der Waals surface area contributed by atoms with Crippen molar-refractivity contribution in [3.8, 4) is 33.4 Å². The molecule has 0 heterocycles. The van der Waals surface area contributed by atoms with Gasteiger partial charge in [-0.1, -0.05) is 156 Å². The van der Waals surface area contributed by atoms with E-state index in [1.54, 1.807) is 0 Å². The van der Waals surface area contributed by atoms with Crippen LogP contribution < -0.4 is 5.46 Å². The van der Waals surface area contributed by atoms with Crippen molar-refractivity contribution in [2.24, 2.45) is 10.8 Å². The van der Waals surface area contributed by atoms with Crippen molar-refractivity contribution in [1.29, 1.82) is 0 Å². The molecule has 0 aromatic heterocycles. The Morgan fingerprint density at radius 3 is 1.73 bits per heavy atom. The first-order valence-corrected chi connectivity index (χ1v) is 14.7. The molecule has 6 rings (SSSR count). The number of rotatable bonds is 6. The van der Waals surface area contributed by atoms with E-state index in [1.165, 1.54) is 60.4 Å². The lowest BCUT2D eigenvalue weighted by molar-refractivity contribution is 0.157. The maximum Gasteiger partial charge on any atom is 0.152 e. The molecule has 0 nitrogen and oxygen atoms in total. The summed E-state index contributed by atoms with van der Waals surface area (Å²) in [5, 5.41) is 5.09. The third kappa shape index (κ3) is 5.59. The summed E-state index contributed by atoms with van der Waals surface area (Å²) in [5.74, 6) is 0. The topological polar surface area (TPSA) is 0 Å². The molecule has 41 heavy (non-hydrogen) atoms. The zero-order valence-corrected chi connectivity index (χ0v) is 24.9. The van der Waals surface area contributed by atoms with Gasteiger partial charge in [0.15, 0.2) is 7.28 Å². The second-order valence-corrected chi connectivity index (χ2v) is 13.1. The zero-order valence-electron chi connectivity index (χ0n) is 24.9. The van der Waals surface area contributed by atoms with Crippen LogP contribution in [-0.2, 0) is 0 Å². The minimum Gasteiger partial charge on any atom is -0.0872 e. The average molecular weight is 530 g/mol. The fourth-order valence-electron chi connectivity index (χ4n) is 5.47. The maximum atomic E-state index is 2.40. The molecule has 1 radical (unpaired) electrons. The van der Waals surface area contributed by atoms with Crippen molar-refractivity contribution < 1.29 is 0 Å². The van der Waals surface area contributed by atoms with Gasteiger partial charge >= 0.3 is 0 Å². The number of hydrogen-bond acceptors (Lipinski definition) is 0. The molecular formula is C40H38B. The Labute approximate surface area is 246 Å². The Kier molecular flexibility index (Phi) is 7.08. The number of benzene rings is 6. The third-order valence-electron chi connectivity index (χ3n) is 9.24. The molecule has 0 fully saturated rings. The summed E-state index contributed by atoms with van der Waals surface area (Å²) in [4.78, 5) is 0. The van der Waals surface area contributed by atoms with Crippen molar-refractivity contribution >= 4 is 34.3 Å². The molecule has 1 heteroatoms. The molecule has 6 aromatic carbocycles. The molecular weight excluding hydrogens is 491 g/mol. The standard InChI is InChI=1S/C40H38B/c1-39(2,3)40(4,5)27-41-36-16-9-14-30(26-36)32-20-22-33-23-31(19-21-34(33)24-32)29-13-8-15-35(25-29)38-18-10-12-28-11-6-7-17-37(28)38/h6-26H,27H2,1-5H3. The molecule has 0 aliphatic heterocycles. The van der Waals surface area contributed by atoms with E-state index in [2.05, 4.69) is 169 Å². The molecule has 0 bridgehead atoms. The van der Waals surface area contributed by atoms with Crippen LogP contribution in [0.5, 0.6) is 0 Å². The van der Waals surface area contributed by atoms with E-state index >= 15 is 0 Å². The van der Waals surface area contributed by atoms with Gasteiger partial charge in [0, 0.05) is 0 Å². The summed E-state index contributed by atoms with van der Waals surface area (Å²) in [5.41, 5.74) is 9.31. The summed E-state index contributed by atoms with van der Waals surface area (Å²) in [6.45, 7) is 11.7. The first-order chi connectivity index (χ1) is 19.7. The SMILES string of the molecule is CC(C)(C)C(C)(C)C[B]c1cccc(-c2ccc3cc(-c4cccc(-c5cccc6ccccc56)c4)ccc3c2)c1. The first-order valence-electron chi connectivity index (χ1n) is 14.7. The van der Waals surface area contributed by atoms with E-state index < -0.39 is 0 Å². The highest BCUT2D eigenvalue weighted by atomic mass is 14.3. The second-order valence-electron chi connectivity index (χ2n) is 13.1. The van der Waals surface area contributed by atoms with Crippen LogP contribution in [0.2, 0.25) is 6.32 Å². The smallest absolute Gasteiger partial charge is 0.0872 e. The maximum absolute atomic E-state index is 2.40. The van der Waals surface area contributed by atoms with E-state index in [1.807, 2.05) is 0 Å². The largest absolute Gasteiger partial charge is 0.152 e. The monoisotopic (exact) mass is 529 g/mol. The van der Waals surface area contributed by atoms with Crippen LogP contribution in [0, 0.1) is 10.8 Å². The van der Waals surface area contributed by atoms with Crippen LogP contribution in [0.3, 0.4) is 0 Å². The van der Waals surface area contributed by atoms with Gasteiger partial charge in [-0.25, -0.2) is 0 Å². The molecule has 6 aromatic rings. The second kappa shape index (κ2) is 10.7. The molecule has 0 unspecified atom stereocenters. The van der Waals surface area contributed by atoms with Gasteiger partial charge < -0.3 is 0 Å². The Morgan fingerprint density at radius 1 is 0.463 bits per heavy atom. The Balaban J connectivity index is 1.27. The van der Waals surface area contributed by atoms with Crippen molar-refractivity contribution in [3.05, 3.63) is 127 Å². The van der Waals surface area contributed by atoms with E-state index in [-0.39, 0.29) is 10.8 Å². The van der Waals surface area contributed by atoms with Crippen LogP contribution in [-0.4, -0.2) is 7.28 Å².